The van der Waals surface area contributed by atoms with Gasteiger partial charge in [0.05, 0.1) is 18.3 Å². The van der Waals surface area contributed by atoms with Crippen molar-refractivity contribution in [3.8, 4) is 5.75 Å². The minimum atomic E-state index is -0.245. The first-order chi connectivity index (χ1) is 16.0. The van der Waals surface area contributed by atoms with Crippen LogP contribution in [0.4, 0.5) is 5.69 Å². The molecule has 0 saturated heterocycles. The highest BCUT2D eigenvalue weighted by molar-refractivity contribution is 6.00. The van der Waals surface area contributed by atoms with Gasteiger partial charge in [-0.15, -0.1) is 0 Å². The number of fused-ring (bicyclic) bond motifs is 1. The Morgan fingerprint density at radius 1 is 1.24 bits per heavy atom. The maximum atomic E-state index is 12.1. The molecule has 0 radical (unpaired) electrons. The van der Waals surface area contributed by atoms with E-state index in [-0.39, 0.29) is 11.9 Å². The Kier molecular flexibility index (Phi) is 6.90. The molecule has 0 bridgehead atoms. The summed E-state index contributed by atoms with van der Waals surface area (Å²) in [6, 6.07) is 14.9. The minimum absolute atomic E-state index is 0.138. The van der Waals surface area contributed by atoms with Crippen LogP contribution in [0.3, 0.4) is 0 Å². The highest BCUT2D eigenvalue weighted by Crippen LogP contribution is 2.40. The number of hydrogen-bond acceptors (Lipinski definition) is 4. The van der Waals surface area contributed by atoms with Crippen LogP contribution in [0.15, 0.2) is 67.5 Å². The van der Waals surface area contributed by atoms with Gasteiger partial charge in [-0.3, -0.25) is 14.7 Å². The number of amides is 1. The molecule has 1 atom stereocenters. The van der Waals surface area contributed by atoms with Gasteiger partial charge < -0.3 is 10.1 Å². The van der Waals surface area contributed by atoms with Gasteiger partial charge in [0.2, 0.25) is 5.91 Å². The number of hydrogen-bond donors (Lipinski definition) is 1. The molecule has 1 N–H and O–H groups in total. The van der Waals surface area contributed by atoms with Crippen molar-refractivity contribution in [2.24, 2.45) is 0 Å². The smallest absolute Gasteiger partial charge is 0.247 e. The van der Waals surface area contributed by atoms with Crippen LogP contribution in [0.5, 0.6) is 5.75 Å². The molecule has 0 spiro atoms. The Morgan fingerprint density at radius 2 is 2.09 bits per heavy atom. The first-order valence-corrected chi connectivity index (χ1v) is 11.4. The second kappa shape index (κ2) is 10.0. The number of aryl methyl sites for hydroxylation is 2. The number of benzene rings is 2. The second-order valence-corrected chi connectivity index (χ2v) is 8.69. The number of pyridine rings is 1. The van der Waals surface area contributed by atoms with Gasteiger partial charge in [-0.05, 0) is 79.4 Å². The van der Waals surface area contributed by atoms with E-state index in [1.165, 1.54) is 33.9 Å². The lowest BCUT2D eigenvalue weighted by Gasteiger charge is -2.36. The lowest BCUT2D eigenvalue weighted by molar-refractivity contribution is -0.111. The largest absolute Gasteiger partial charge is 0.491 e. The van der Waals surface area contributed by atoms with Crippen LogP contribution < -0.4 is 10.1 Å². The lowest BCUT2D eigenvalue weighted by Crippen LogP contribution is -2.33. The fourth-order valence-corrected chi connectivity index (χ4v) is 4.54. The minimum Gasteiger partial charge on any atom is -0.491 e. The number of rotatable bonds is 7. The van der Waals surface area contributed by atoms with Gasteiger partial charge >= 0.3 is 0 Å². The second-order valence-electron chi connectivity index (χ2n) is 8.69. The molecule has 1 aliphatic rings. The monoisotopic (exact) mass is 441 g/mol. The standard InChI is InChI=1S/C28H31N3O2/c1-5-27(32)30-25-16-22-10-13-31(4)28(23-9-8-19(2)15-20(23)3)24(22)17-26(25)33-14-11-21-7-6-12-29-18-21/h5-9,12,15-18,28H,1,10-11,13-14H2,2-4H3,(H,30,32). The zero-order valence-corrected chi connectivity index (χ0v) is 19.6. The van der Waals surface area contributed by atoms with Crippen LogP contribution in [0.2, 0.25) is 0 Å². The summed E-state index contributed by atoms with van der Waals surface area (Å²) in [6.07, 6.45) is 6.55. The molecule has 0 aliphatic carbocycles. The third kappa shape index (κ3) is 5.15. The van der Waals surface area contributed by atoms with Gasteiger partial charge in [-0.1, -0.05) is 36.4 Å². The first-order valence-electron chi connectivity index (χ1n) is 11.4. The van der Waals surface area contributed by atoms with Crippen molar-refractivity contribution in [2.75, 3.05) is 25.5 Å². The van der Waals surface area contributed by atoms with Gasteiger partial charge in [0.25, 0.3) is 0 Å². The van der Waals surface area contributed by atoms with Crippen LogP contribution in [0.25, 0.3) is 0 Å². The van der Waals surface area contributed by atoms with Gasteiger partial charge in [0.1, 0.15) is 5.75 Å². The van der Waals surface area contributed by atoms with Crippen LogP contribution >= 0.6 is 0 Å². The molecule has 5 nitrogen and oxygen atoms in total. The molecule has 4 rings (SSSR count). The number of anilines is 1. The van der Waals surface area contributed by atoms with Gasteiger partial charge in [0, 0.05) is 25.4 Å². The molecule has 2 heterocycles. The predicted molar refractivity (Wildman–Crippen MR) is 133 cm³/mol. The van der Waals surface area contributed by atoms with E-state index in [4.69, 9.17) is 4.74 Å². The highest BCUT2D eigenvalue weighted by atomic mass is 16.5. The summed E-state index contributed by atoms with van der Waals surface area (Å²) in [5.74, 6) is 0.434. The van der Waals surface area contributed by atoms with Gasteiger partial charge in [-0.25, -0.2) is 0 Å². The maximum absolute atomic E-state index is 12.1. The van der Waals surface area contributed by atoms with E-state index in [9.17, 15) is 4.79 Å². The van der Waals surface area contributed by atoms with Crippen molar-refractivity contribution in [1.29, 1.82) is 0 Å². The summed E-state index contributed by atoms with van der Waals surface area (Å²) in [4.78, 5) is 18.7. The normalized spacial score (nSPS) is 15.5. The molecule has 170 valence electrons. The van der Waals surface area contributed by atoms with Crippen molar-refractivity contribution < 1.29 is 9.53 Å². The van der Waals surface area contributed by atoms with Gasteiger partial charge in [-0.2, -0.15) is 0 Å². The fraction of sp³-hybridized carbons (Fsp3) is 0.286. The average Bonchev–Trinajstić information content (AvgIpc) is 2.81. The number of carbonyl (C=O) groups excluding carboxylic acids is 1. The number of likely N-dealkylation sites (N-methyl/N-ethyl adjacent to an activating group) is 1. The number of ether oxygens (including phenoxy) is 1. The summed E-state index contributed by atoms with van der Waals surface area (Å²) < 4.78 is 6.23. The third-order valence-electron chi connectivity index (χ3n) is 6.24. The third-order valence-corrected chi connectivity index (χ3v) is 6.24. The summed E-state index contributed by atoms with van der Waals surface area (Å²) in [7, 11) is 2.17. The molecule has 5 heteroatoms. The van der Waals surface area contributed by atoms with Crippen molar-refractivity contribution in [3.63, 3.8) is 0 Å². The highest BCUT2D eigenvalue weighted by Gasteiger charge is 2.29. The number of nitrogens with one attached hydrogen (secondary N) is 1. The first kappa shape index (κ1) is 22.7. The maximum Gasteiger partial charge on any atom is 0.247 e. The zero-order valence-electron chi connectivity index (χ0n) is 19.6. The van der Waals surface area contributed by atoms with E-state index in [1.54, 1.807) is 6.20 Å². The van der Waals surface area contributed by atoms with Crippen molar-refractivity contribution in [1.82, 2.24) is 9.88 Å². The Labute approximate surface area is 196 Å². The quantitative estimate of drug-likeness (QED) is 0.523. The number of nitrogens with zero attached hydrogens (tertiary/aromatic N) is 2. The van der Waals surface area contributed by atoms with E-state index >= 15 is 0 Å². The predicted octanol–water partition coefficient (Wildman–Crippen LogP) is 5.02. The SMILES string of the molecule is C=CC(=O)Nc1cc2c(cc1OCCc1cccnc1)C(c1ccc(C)cc1C)N(C)CC2. The topological polar surface area (TPSA) is 54.5 Å². The Bertz CT molecular complexity index is 1160. The number of carbonyl (C=O) groups is 1. The molecule has 33 heavy (non-hydrogen) atoms. The molecule has 1 unspecified atom stereocenters. The van der Waals surface area contributed by atoms with Crippen molar-refractivity contribution in [2.45, 2.75) is 32.7 Å². The molecule has 0 fully saturated rings. The molecule has 1 aromatic heterocycles. The molecule has 1 amide bonds. The van der Waals surface area contributed by atoms with Crippen LogP contribution in [-0.4, -0.2) is 36.0 Å². The molecule has 0 saturated carbocycles. The Hall–Kier alpha value is -3.44. The van der Waals surface area contributed by atoms with Crippen molar-refractivity contribution in [3.05, 3.63) is 101 Å². The van der Waals surface area contributed by atoms with E-state index in [2.05, 4.69) is 73.0 Å². The van der Waals surface area contributed by atoms with E-state index in [0.717, 1.165) is 24.9 Å². The summed E-state index contributed by atoms with van der Waals surface area (Å²) in [5, 5.41) is 2.94. The Balaban J connectivity index is 1.70. The molecule has 3 aromatic rings. The fourth-order valence-electron chi connectivity index (χ4n) is 4.54. The van der Waals surface area contributed by atoms with Gasteiger partial charge in [0.15, 0.2) is 0 Å². The molecule has 2 aromatic carbocycles. The van der Waals surface area contributed by atoms with Crippen LogP contribution in [-0.2, 0) is 17.6 Å². The summed E-state index contributed by atoms with van der Waals surface area (Å²) in [6.45, 7) is 9.32. The molecular formula is C28H31N3O2. The average molecular weight is 442 g/mol. The van der Waals surface area contributed by atoms with Crippen molar-refractivity contribution >= 4 is 11.6 Å². The van der Waals surface area contributed by atoms with Crippen LogP contribution in [0, 0.1) is 13.8 Å². The van der Waals surface area contributed by atoms with E-state index < -0.39 is 0 Å². The zero-order chi connectivity index (χ0) is 23.4. The summed E-state index contributed by atoms with van der Waals surface area (Å²) >= 11 is 0. The van der Waals surface area contributed by atoms with Crippen LogP contribution in [0.1, 0.15) is 39.4 Å². The Morgan fingerprint density at radius 3 is 2.82 bits per heavy atom. The van der Waals surface area contributed by atoms with E-state index in [1.807, 2.05) is 18.3 Å². The molecule has 1 aliphatic heterocycles. The summed E-state index contributed by atoms with van der Waals surface area (Å²) in [5.41, 5.74) is 8.10. The lowest BCUT2D eigenvalue weighted by atomic mass is 9.85. The number of aromatic nitrogens is 1. The van der Waals surface area contributed by atoms with E-state index in [0.29, 0.717) is 18.0 Å². The molecular weight excluding hydrogens is 410 g/mol.